The van der Waals surface area contributed by atoms with Gasteiger partial charge in [0.25, 0.3) is 0 Å². The van der Waals surface area contributed by atoms with Gasteiger partial charge in [0, 0.05) is 5.56 Å². The largest absolute Gasteiger partial charge is 0.422 e. The molecule has 5 heteroatoms. The summed E-state index contributed by atoms with van der Waals surface area (Å²) in [6.45, 7) is 1.92. The molecular weight excluding hydrogens is 448 g/mol. The first-order chi connectivity index (χ1) is 17.6. The first kappa shape index (κ1) is 23.0. The maximum atomic E-state index is 12.8. The van der Waals surface area contributed by atoms with Crippen molar-refractivity contribution in [3.63, 3.8) is 0 Å². The fraction of sp³-hybridized carbons (Fsp3) is 0.0645. The summed E-state index contributed by atoms with van der Waals surface area (Å²) in [6.07, 6.45) is 1.73. The summed E-state index contributed by atoms with van der Waals surface area (Å²) in [4.78, 5) is 25.5. The van der Waals surface area contributed by atoms with E-state index in [4.69, 9.17) is 4.74 Å². The predicted molar refractivity (Wildman–Crippen MR) is 143 cm³/mol. The Morgan fingerprint density at radius 2 is 1.50 bits per heavy atom. The number of nitrogens with zero attached hydrogens (tertiary/aromatic N) is 1. The minimum absolute atomic E-state index is 0.198. The van der Waals surface area contributed by atoms with Crippen LogP contribution in [0.5, 0.6) is 5.75 Å². The summed E-state index contributed by atoms with van der Waals surface area (Å²) < 4.78 is 5.75. The van der Waals surface area contributed by atoms with E-state index in [0.29, 0.717) is 16.9 Å². The highest BCUT2D eigenvalue weighted by Crippen LogP contribution is 2.27. The van der Waals surface area contributed by atoms with Crippen LogP contribution in [0.4, 0.5) is 0 Å². The minimum atomic E-state index is -0.455. The molecule has 0 spiro atoms. The van der Waals surface area contributed by atoms with Gasteiger partial charge >= 0.3 is 5.97 Å². The van der Waals surface area contributed by atoms with Crippen LogP contribution in [0.3, 0.4) is 0 Å². The van der Waals surface area contributed by atoms with Crippen molar-refractivity contribution in [3.8, 4) is 5.75 Å². The molecule has 36 heavy (non-hydrogen) atoms. The molecule has 1 N–H and O–H groups in total. The van der Waals surface area contributed by atoms with Gasteiger partial charge < -0.3 is 4.74 Å². The second-order valence-electron chi connectivity index (χ2n) is 8.57. The number of benzene rings is 5. The molecular formula is C31H24N2O3. The summed E-state index contributed by atoms with van der Waals surface area (Å²) in [5, 5.41) is 8.16. The lowest BCUT2D eigenvalue weighted by molar-refractivity contribution is -0.120. The Labute approximate surface area is 209 Å². The Kier molecular flexibility index (Phi) is 6.54. The number of aryl methyl sites for hydroxylation is 1. The van der Waals surface area contributed by atoms with E-state index in [1.165, 1.54) is 6.21 Å². The molecule has 5 nitrogen and oxygen atoms in total. The van der Waals surface area contributed by atoms with Crippen molar-refractivity contribution < 1.29 is 14.3 Å². The number of rotatable bonds is 6. The highest BCUT2D eigenvalue weighted by atomic mass is 16.5. The van der Waals surface area contributed by atoms with Crippen molar-refractivity contribution in [2.75, 3.05) is 0 Å². The van der Waals surface area contributed by atoms with Gasteiger partial charge in [-0.3, -0.25) is 4.79 Å². The molecule has 176 valence electrons. The van der Waals surface area contributed by atoms with Gasteiger partial charge in [0.2, 0.25) is 5.91 Å². The number of amides is 1. The molecule has 0 saturated heterocycles. The van der Waals surface area contributed by atoms with E-state index in [0.717, 1.165) is 32.7 Å². The first-order valence-corrected chi connectivity index (χ1v) is 11.7. The third-order valence-corrected chi connectivity index (χ3v) is 6.00. The van der Waals surface area contributed by atoms with E-state index < -0.39 is 5.97 Å². The van der Waals surface area contributed by atoms with Crippen LogP contribution >= 0.6 is 0 Å². The van der Waals surface area contributed by atoms with Gasteiger partial charge in [-0.1, -0.05) is 90.5 Å². The number of hydrogen-bond acceptors (Lipinski definition) is 4. The Bertz CT molecular complexity index is 1620. The number of ether oxygens (including phenoxy) is 1. The summed E-state index contributed by atoms with van der Waals surface area (Å²) in [6, 6.07) is 32.5. The number of carbonyl (C=O) groups is 2. The molecule has 1 amide bonds. The molecule has 0 unspecified atom stereocenters. The number of carbonyl (C=O) groups excluding carboxylic acids is 2. The van der Waals surface area contributed by atoms with E-state index in [1.807, 2.05) is 91.9 Å². The molecule has 0 saturated carbocycles. The molecule has 0 aliphatic carbocycles. The normalized spacial score (nSPS) is 11.1. The molecule has 0 aliphatic rings. The number of fused-ring (bicyclic) bond motifs is 2. The SMILES string of the molecule is Cc1cccc(C(=O)Oc2ccc3ccccc3c2/C=N/NC(=O)Cc2cccc3ccccc23)c1. The van der Waals surface area contributed by atoms with E-state index in [-0.39, 0.29) is 12.3 Å². The molecule has 5 aromatic carbocycles. The molecule has 5 aromatic rings. The van der Waals surface area contributed by atoms with Gasteiger partial charge in [0.15, 0.2) is 0 Å². The van der Waals surface area contributed by atoms with Crippen LogP contribution in [0.1, 0.15) is 27.0 Å². The quantitative estimate of drug-likeness (QED) is 0.138. The fourth-order valence-corrected chi connectivity index (χ4v) is 4.26. The third-order valence-electron chi connectivity index (χ3n) is 6.00. The van der Waals surface area contributed by atoms with E-state index in [1.54, 1.807) is 18.2 Å². The van der Waals surface area contributed by atoms with Crippen LogP contribution in [0.25, 0.3) is 21.5 Å². The Balaban J connectivity index is 1.38. The molecule has 0 heterocycles. The lowest BCUT2D eigenvalue weighted by Crippen LogP contribution is -2.20. The number of esters is 1. The number of nitrogens with one attached hydrogen (secondary N) is 1. The van der Waals surface area contributed by atoms with Crippen molar-refractivity contribution in [2.24, 2.45) is 5.10 Å². The third kappa shape index (κ3) is 5.00. The summed E-state index contributed by atoms with van der Waals surface area (Å²) in [7, 11) is 0. The van der Waals surface area contributed by atoms with Crippen molar-refractivity contribution in [1.29, 1.82) is 0 Å². The van der Waals surface area contributed by atoms with Crippen LogP contribution < -0.4 is 10.2 Å². The topological polar surface area (TPSA) is 67.8 Å². The van der Waals surface area contributed by atoms with Crippen LogP contribution in [0, 0.1) is 6.92 Å². The van der Waals surface area contributed by atoms with Crippen molar-refractivity contribution in [3.05, 3.63) is 125 Å². The zero-order chi connectivity index (χ0) is 24.9. The highest BCUT2D eigenvalue weighted by Gasteiger charge is 2.14. The second kappa shape index (κ2) is 10.2. The minimum Gasteiger partial charge on any atom is -0.422 e. The maximum Gasteiger partial charge on any atom is 0.343 e. The van der Waals surface area contributed by atoms with Crippen LogP contribution in [-0.4, -0.2) is 18.1 Å². The van der Waals surface area contributed by atoms with Crippen LogP contribution in [0.2, 0.25) is 0 Å². The van der Waals surface area contributed by atoms with Crippen LogP contribution in [-0.2, 0) is 11.2 Å². The predicted octanol–water partition coefficient (Wildman–Crippen LogP) is 6.21. The molecule has 0 aliphatic heterocycles. The van der Waals surface area contributed by atoms with Gasteiger partial charge in [-0.15, -0.1) is 0 Å². The van der Waals surface area contributed by atoms with Crippen molar-refractivity contribution >= 4 is 39.6 Å². The summed E-state index contributed by atoms with van der Waals surface area (Å²) >= 11 is 0. The molecule has 0 aromatic heterocycles. The Morgan fingerprint density at radius 1 is 0.806 bits per heavy atom. The zero-order valence-electron chi connectivity index (χ0n) is 19.8. The monoisotopic (exact) mass is 472 g/mol. The maximum absolute atomic E-state index is 12.8. The number of hydrazone groups is 1. The average Bonchev–Trinajstić information content (AvgIpc) is 2.90. The van der Waals surface area contributed by atoms with Crippen LogP contribution in [0.15, 0.2) is 108 Å². The Hall–Kier alpha value is -4.77. The first-order valence-electron chi connectivity index (χ1n) is 11.7. The highest BCUT2D eigenvalue weighted by molar-refractivity contribution is 6.04. The van der Waals surface area contributed by atoms with Gasteiger partial charge in [-0.25, -0.2) is 10.2 Å². The molecule has 0 fully saturated rings. The number of hydrogen-bond donors (Lipinski definition) is 1. The lowest BCUT2D eigenvalue weighted by Gasteiger charge is -2.11. The molecule has 5 rings (SSSR count). The zero-order valence-corrected chi connectivity index (χ0v) is 19.8. The average molecular weight is 473 g/mol. The lowest BCUT2D eigenvalue weighted by atomic mass is 10.0. The van der Waals surface area contributed by atoms with Gasteiger partial charge in [0.05, 0.1) is 18.2 Å². The van der Waals surface area contributed by atoms with Gasteiger partial charge in [-0.05, 0) is 52.2 Å². The van der Waals surface area contributed by atoms with Gasteiger partial charge in [0.1, 0.15) is 5.75 Å². The van der Waals surface area contributed by atoms with Crippen molar-refractivity contribution in [2.45, 2.75) is 13.3 Å². The smallest absolute Gasteiger partial charge is 0.343 e. The molecule has 0 atom stereocenters. The summed E-state index contributed by atoms with van der Waals surface area (Å²) in [5.41, 5.74) is 5.60. The van der Waals surface area contributed by atoms with E-state index in [2.05, 4.69) is 10.5 Å². The fourth-order valence-electron chi connectivity index (χ4n) is 4.26. The van der Waals surface area contributed by atoms with E-state index in [9.17, 15) is 9.59 Å². The summed E-state index contributed by atoms with van der Waals surface area (Å²) in [5.74, 6) is -0.322. The Morgan fingerprint density at radius 3 is 2.31 bits per heavy atom. The second-order valence-corrected chi connectivity index (χ2v) is 8.57. The molecule has 0 radical (unpaired) electrons. The molecule has 0 bridgehead atoms. The van der Waals surface area contributed by atoms with Gasteiger partial charge in [-0.2, -0.15) is 5.10 Å². The standard InChI is InChI=1S/C31H24N2O3/c1-21-8-6-13-25(18-21)31(35)36-29-17-16-23-10-3-5-15-27(23)28(29)20-32-33-30(34)19-24-12-7-11-22-9-2-4-14-26(22)24/h2-18,20H,19H2,1H3,(H,33,34)/b32-20+. The van der Waals surface area contributed by atoms with E-state index >= 15 is 0 Å². The van der Waals surface area contributed by atoms with Crippen molar-refractivity contribution in [1.82, 2.24) is 5.43 Å².